The lowest BCUT2D eigenvalue weighted by atomic mass is 10.1. The number of nitrogen functional groups attached to an aromatic ring is 1. The lowest BCUT2D eigenvalue weighted by molar-refractivity contribution is 0.0342. The van der Waals surface area contributed by atoms with E-state index >= 15 is 0 Å². The summed E-state index contributed by atoms with van der Waals surface area (Å²) in [6.45, 7) is 5.93. The van der Waals surface area contributed by atoms with Gasteiger partial charge in [0.05, 0.1) is 13.2 Å². The maximum atomic E-state index is 13.1. The zero-order valence-electron chi connectivity index (χ0n) is 21.8. The number of terminal acetylenes is 1. The van der Waals surface area contributed by atoms with Crippen molar-refractivity contribution in [3.8, 4) is 24.0 Å². The van der Waals surface area contributed by atoms with Gasteiger partial charge in [-0.3, -0.25) is 9.69 Å². The van der Waals surface area contributed by atoms with E-state index in [0.717, 1.165) is 43.6 Å². The van der Waals surface area contributed by atoms with Gasteiger partial charge in [0, 0.05) is 65.0 Å². The van der Waals surface area contributed by atoms with Gasteiger partial charge in [0.1, 0.15) is 11.6 Å². The molecular formula is C31H31N5O3. The van der Waals surface area contributed by atoms with Crippen molar-refractivity contribution < 1.29 is 14.3 Å². The summed E-state index contributed by atoms with van der Waals surface area (Å²) in [6, 6.07) is 22.1. The quantitative estimate of drug-likeness (QED) is 0.226. The topological polar surface area (TPSA) is 102 Å². The van der Waals surface area contributed by atoms with Crippen molar-refractivity contribution in [2.45, 2.75) is 13.0 Å². The Labute approximate surface area is 228 Å². The smallest absolute Gasteiger partial charge is 0.251 e. The molecule has 0 aliphatic carbocycles. The Kier molecular flexibility index (Phi) is 7.92. The highest BCUT2D eigenvalue weighted by atomic mass is 16.5. The van der Waals surface area contributed by atoms with Crippen LogP contribution in [-0.4, -0.2) is 54.7 Å². The fourth-order valence-electron chi connectivity index (χ4n) is 4.62. The molecule has 1 atom stereocenters. The highest BCUT2D eigenvalue weighted by molar-refractivity contribution is 5.97. The third-order valence-corrected chi connectivity index (χ3v) is 6.50. The van der Waals surface area contributed by atoms with Crippen LogP contribution in [0.3, 0.4) is 0 Å². The molecule has 8 heteroatoms. The Morgan fingerprint density at radius 1 is 1.10 bits per heavy atom. The fourth-order valence-corrected chi connectivity index (χ4v) is 4.62. The molecule has 1 aliphatic heterocycles. The number of carbonyl (C=O) groups is 1. The van der Waals surface area contributed by atoms with E-state index in [1.165, 1.54) is 0 Å². The van der Waals surface area contributed by atoms with Gasteiger partial charge < -0.3 is 25.8 Å². The molecule has 1 amide bonds. The van der Waals surface area contributed by atoms with Crippen molar-refractivity contribution in [2.24, 2.45) is 0 Å². The third kappa shape index (κ3) is 6.47. The van der Waals surface area contributed by atoms with Gasteiger partial charge in [-0.25, -0.2) is 0 Å². The summed E-state index contributed by atoms with van der Waals surface area (Å²) in [5.74, 6) is 4.07. The highest BCUT2D eigenvalue weighted by Gasteiger charge is 2.17. The van der Waals surface area contributed by atoms with Crippen molar-refractivity contribution in [2.75, 3.05) is 43.9 Å². The number of hydrogen-bond acceptors (Lipinski definition) is 7. The molecule has 2 heterocycles. The molecular weight excluding hydrogens is 490 g/mol. The second-order valence-corrected chi connectivity index (χ2v) is 9.52. The molecule has 8 nitrogen and oxygen atoms in total. The molecule has 0 radical (unpaired) electrons. The van der Waals surface area contributed by atoms with Crippen LogP contribution < -0.4 is 21.1 Å². The number of anilines is 3. The number of benzene rings is 3. The minimum Gasteiger partial charge on any atom is -0.438 e. The van der Waals surface area contributed by atoms with E-state index in [2.05, 4.69) is 26.4 Å². The molecule has 198 valence electrons. The first-order chi connectivity index (χ1) is 19.0. The summed E-state index contributed by atoms with van der Waals surface area (Å²) in [7, 11) is 0. The number of hydrogen-bond donors (Lipinski definition) is 3. The first-order valence-corrected chi connectivity index (χ1v) is 12.9. The molecule has 4 aromatic rings. The zero-order valence-corrected chi connectivity index (χ0v) is 21.8. The number of amides is 1. The van der Waals surface area contributed by atoms with E-state index in [4.69, 9.17) is 21.6 Å². The lowest BCUT2D eigenvalue weighted by Crippen LogP contribution is -2.46. The van der Waals surface area contributed by atoms with Gasteiger partial charge >= 0.3 is 0 Å². The lowest BCUT2D eigenvalue weighted by Gasteiger charge is -2.29. The van der Waals surface area contributed by atoms with E-state index in [0.29, 0.717) is 39.9 Å². The molecule has 39 heavy (non-hydrogen) atoms. The van der Waals surface area contributed by atoms with Crippen molar-refractivity contribution in [1.82, 2.24) is 15.2 Å². The van der Waals surface area contributed by atoms with Gasteiger partial charge in [-0.2, -0.15) is 4.98 Å². The molecule has 1 aliphatic rings. The number of pyridine rings is 1. The molecule has 1 saturated heterocycles. The second-order valence-electron chi connectivity index (χ2n) is 9.52. The van der Waals surface area contributed by atoms with Gasteiger partial charge in [0.15, 0.2) is 0 Å². The van der Waals surface area contributed by atoms with Crippen LogP contribution in [0, 0.1) is 12.3 Å². The number of nitrogens with two attached hydrogens (primary N) is 1. The van der Waals surface area contributed by atoms with Crippen molar-refractivity contribution in [3.05, 3.63) is 83.9 Å². The highest BCUT2D eigenvalue weighted by Crippen LogP contribution is 2.33. The number of nitrogens with one attached hydrogen (secondary N) is 2. The monoisotopic (exact) mass is 521 g/mol. The van der Waals surface area contributed by atoms with Gasteiger partial charge in [-0.15, -0.1) is 6.42 Å². The number of carbonyl (C=O) groups excluding carboxylic acids is 1. The fraction of sp³-hybridized carbons (Fsp3) is 0.226. The largest absolute Gasteiger partial charge is 0.438 e. The number of fused-ring (bicyclic) bond motifs is 1. The van der Waals surface area contributed by atoms with Crippen LogP contribution in [0.15, 0.2) is 72.8 Å². The predicted octanol–water partition coefficient (Wildman–Crippen LogP) is 4.78. The van der Waals surface area contributed by atoms with E-state index in [9.17, 15) is 4.79 Å². The summed E-state index contributed by atoms with van der Waals surface area (Å²) in [4.78, 5) is 20.0. The molecule has 0 spiro atoms. The SMILES string of the molecule is C#Cc1cc(Nc2cccc(Oc3ccc(N)c4ccccc34)n2)cc(C(=O)N[C@H](C)CN2CCOCC2)c1. The van der Waals surface area contributed by atoms with Crippen LogP contribution in [0.25, 0.3) is 10.8 Å². The minimum absolute atomic E-state index is 0.0265. The van der Waals surface area contributed by atoms with Crippen molar-refractivity contribution >= 4 is 33.9 Å². The molecule has 1 fully saturated rings. The first-order valence-electron chi connectivity index (χ1n) is 12.9. The molecule has 5 rings (SSSR count). The Morgan fingerprint density at radius 2 is 1.90 bits per heavy atom. The van der Waals surface area contributed by atoms with Gasteiger partial charge in [-0.1, -0.05) is 36.3 Å². The Hall–Kier alpha value is -4.58. The van der Waals surface area contributed by atoms with Crippen molar-refractivity contribution in [3.63, 3.8) is 0 Å². The normalized spacial score (nSPS) is 14.4. The average molecular weight is 522 g/mol. The van der Waals surface area contributed by atoms with Crippen LogP contribution >= 0.6 is 0 Å². The predicted molar refractivity (Wildman–Crippen MR) is 155 cm³/mol. The molecule has 3 aromatic carbocycles. The van der Waals surface area contributed by atoms with E-state index in [-0.39, 0.29) is 11.9 Å². The van der Waals surface area contributed by atoms with E-state index in [1.807, 2.05) is 55.5 Å². The van der Waals surface area contributed by atoms with Gasteiger partial charge in [0.2, 0.25) is 5.88 Å². The molecule has 0 unspecified atom stereocenters. The Bertz CT molecular complexity index is 1520. The summed E-state index contributed by atoms with van der Waals surface area (Å²) in [5, 5.41) is 8.15. The maximum absolute atomic E-state index is 13.1. The number of aromatic nitrogens is 1. The summed E-state index contributed by atoms with van der Waals surface area (Å²) < 4.78 is 11.5. The number of morpholine rings is 1. The average Bonchev–Trinajstić information content (AvgIpc) is 2.95. The van der Waals surface area contributed by atoms with Crippen LogP contribution in [0.5, 0.6) is 11.6 Å². The summed E-state index contributed by atoms with van der Waals surface area (Å²) >= 11 is 0. The summed E-state index contributed by atoms with van der Waals surface area (Å²) in [6.07, 6.45) is 5.70. The van der Waals surface area contributed by atoms with Crippen LogP contribution in [0.4, 0.5) is 17.2 Å². The van der Waals surface area contributed by atoms with E-state index in [1.54, 1.807) is 24.3 Å². The van der Waals surface area contributed by atoms with Gasteiger partial charge in [-0.05, 0) is 43.3 Å². The molecule has 0 saturated carbocycles. The molecule has 0 bridgehead atoms. The molecule has 1 aromatic heterocycles. The Morgan fingerprint density at radius 3 is 2.69 bits per heavy atom. The first kappa shape index (κ1) is 26.0. The third-order valence-electron chi connectivity index (χ3n) is 6.50. The molecule has 4 N–H and O–H groups in total. The van der Waals surface area contributed by atoms with Gasteiger partial charge in [0.25, 0.3) is 5.91 Å². The minimum atomic E-state index is -0.184. The number of ether oxygens (including phenoxy) is 2. The number of rotatable bonds is 8. The summed E-state index contributed by atoms with van der Waals surface area (Å²) in [5.41, 5.74) is 8.53. The van der Waals surface area contributed by atoms with Crippen molar-refractivity contribution in [1.29, 1.82) is 0 Å². The van der Waals surface area contributed by atoms with E-state index < -0.39 is 0 Å². The maximum Gasteiger partial charge on any atom is 0.251 e. The number of nitrogens with zero attached hydrogens (tertiary/aromatic N) is 2. The Balaban J connectivity index is 1.30. The zero-order chi connectivity index (χ0) is 27.2. The standard InChI is InChI=1S/C31H31N5O3/c1-3-22-17-23(31(37)33-21(2)20-36-13-15-38-16-14-36)19-24(18-22)34-29-9-6-10-30(35-29)39-28-12-11-27(32)25-7-4-5-8-26(25)28/h1,4-12,17-19,21H,13-16,20,32H2,2H3,(H,33,37)(H,34,35)/t21-/m1/s1. The van der Waals surface area contributed by atoms with Crippen LogP contribution in [-0.2, 0) is 4.74 Å². The second kappa shape index (κ2) is 11.9. The van der Waals surface area contributed by atoms with Crippen LogP contribution in [0.1, 0.15) is 22.8 Å². The van der Waals surface area contributed by atoms with Crippen LogP contribution in [0.2, 0.25) is 0 Å².